The summed E-state index contributed by atoms with van der Waals surface area (Å²) in [6, 6.07) is -1.38. The number of aliphatic carboxylic acids is 1. The van der Waals surface area contributed by atoms with Gasteiger partial charge >= 0.3 is 12.0 Å². The van der Waals surface area contributed by atoms with Crippen LogP contribution < -0.4 is 11.1 Å². The molecule has 1 fully saturated rings. The smallest absolute Gasteiger partial charge is 0.324 e. The molecule has 1 rings (SSSR count). The molecule has 0 aromatic carbocycles. The third kappa shape index (κ3) is 3.38. The topological polar surface area (TPSA) is 113 Å². The number of imide groups is 1. The number of carboxylic acids is 1. The first-order valence-electron chi connectivity index (χ1n) is 4.66. The van der Waals surface area contributed by atoms with Crippen molar-refractivity contribution in [2.45, 2.75) is 6.04 Å². The van der Waals surface area contributed by atoms with Crippen molar-refractivity contribution in [2.75, 3.05) is 24.6 Å². The lowest BCUT2D eigenvalue weighted by Gasteiger charge is -2.12. The molecule has 90 valence electrons. The second-order valence-corrected chi connectivity index (χ2v) is 4.27. The van der Waals surface area contributed by atoms with Gasteiger partial charge in [-0.05, 0) is 0 Å². The van der Waals surface area contributed by atoms with E-state index < -0.39 is 18.0 Å². The summed E-state index contributed by atoms with van der Waals surface area (Å²) in [5, 5.41) is 11.0. The summed E-state index contributed by atoms with van der Waals surface area (Å²) < 4.78 is 0. The van der Waals surface area contributed by atoms with Gasteiger partial charge in [0.2, 0.25) is 5.91 Å². The van der Waals surface area contributed by atoms with Crippen molar-refractivity contribution in [1.82, 2.24) is 10.2 Å². The summed E-state index contributed by atoms with van der Waals surface area (Å²) in [6.07, 6.45) is 0. The highest BCUT2D eigenvalue weighted by Crippen LogP contribution is 2.06. The predicted octanol–water partition coefficient (Wildman–Crippen LogP) is -1.32. The van der Waals surface area contributed by atoms with E-state index in [0.717, 1.165) is 16.7 Å². The maximum Gasteiger partial charge on any atom is 0.324 e. The van der Waals surface area contributed by atoms with Crippen molar-refractivity contribution in [1.29, 1.82) is 0 Å². The fourth-order valence-electron chi connectivity index (χ4n) is 1.13. The number of hydrogen-bond donors (Lipinski definition) is 3. The second kappa shape index (κ2) is 5.71. The average Bonchev–Trinajstić information content (AvgIpc) is 2.64. The molecule has 0 aliphatic carbocycles. The van der Waals surface area contributed by atoms with E-state index in [-0.39, 0.29) is 17.4 Å². The van der Waals surface area contributed by atoms with Crippen LogP contribution in [0.3, 0.4) is 0 Å². The Balaban J connectivity index is 2.25. The maximum atomic E-state index is 11.5. The van der Waals surface area contributed by atoms with E-state index in [1.165, 1.54) is 0 Å². The van der Waals surface area contributed by atoms with Crippen molar-refractivity contribution in [3.05, 3.63) is 0 Å². The van der Waals surface area contributed by atoms with Crippen LogP contribution in [-0.4, -0.2) is 58.6 Å². The van der Waals surface area contributed by atoms with Crippen molar-refractivity contribution in [3.63, 3.8) is 0 Å². The van der Waals surface area contributed by atoms with Gasteiger partial charge in [-0.2, -0.15) is 0 Å². The lowest BCUT2D eigenvalue weighted by molar-refractivity contribution is -0.138. The summed E-state index contributed by atoms with van der Waals surface area (Å²) in [5.74, 6) is -1.21. The van der Waals surface area contributed by atoms with E-state index in [2.05, 4.69) is 5.32 Å². The molecule has 0 saturated carbocycles. The minimum absolute atomic E-state index is 0.0639. The Bertz CT molecular complexity index is 310. The maximum absolute atomic E-state index is 11.5. The first kappa shape index (κ1) is 12.8. The SMILES string of the molecule is NC(CSCC(=O)N1CCNC1=O)C(=O)O. The number of carboxylic acid groups (broad SMARTS) is 1. The van der Waals surface area contributed by atoms with Crippen molar-refractivity contribution < 1.29 is 19.5 Å². The molecule has 0 spiro atoms. The van der Waals surface area contributed by atoms with E-state index in [1.54, 1.807) is 0 Å². The Labute approximate surface area is 96.3 Å². The van der Waals surface area contributed by atoms with E-state index in [1.807, 2.05) is 0 Å². The number of nitrogens with one attached hydrogen (secondary N) is 1. The first-order valence-corrected chi connectivity index (χ1v) is 5.82. The molecule has 0 aromatic rings. The Morgan fingerprint density at radius 1 is 1.62 bits per heavy atom. The van der Waals surface area contributed by atoms with Gasteiger partial charge in [0.05, 0.1) is 5.75 Å². The number of urea groups is 1. The van der Waals surface area contributed by atoms with Gasteiger partial charge in [-0.25, -0.2) is 4.79 Å². The summed E-state index contributed by atoms with van der Waals surface area (Å²) in [4.78, 5) is 34.0. The van der Waals surface area contributed by atoms with Gasteiger partial charge in [0, 0.05) is 18.8 Å². The molecule has 7 nitrogen and oxygen atoms in total. The number of nitrogens with two attached hydrogens (primary N) is 1. The van der Waals surface area contributed by atoms with Gasteiger partial charge in [-0.15, -0.1) is 11.8 Å². The van der Waals surface area contributed by atoms with E-state index >= 15 is 0 Å². The fourth-order valence-corrected chi connectivity index (χ4v) is 1.98. The molecule has 0 bridgehead atoms. The van der Waals surface area contributed by atoms with Crippen LogP contribution in [0.1, 0.15) is 0 Å². The molecule has 1 saturated heterocycles. The first-order chi connectivity index (χ1) is 7.52. The highest BCUT2D eigenvalue weighted by molar-refractivity contribution is 8.00. The lowest BCUT2D eigenvalue weighted by Crippen LogP contribution is -2.37. The van der Waals surface area contributed by atoms with Gasteiger partial charge in [-0.1, -0.05) is 0 Å². The molecule has 8 heteroatoms. The van der Waals surface area contributed by atoms with Crippen LogP contribution in [0.2, 0.25) is 0 Å². The minimum Gasteiger partial charge on any atom is -0.480 e. The number of hydrogen-bond acceptors (Lipinski definition) is 5. The predicted molar refractivity (Wildman–Crippen MR) is 58.0 cm³/mol. The van der Waals surface area contributed by atoms with Crippen molar-refractivity contribution in [3.8, 4) is 0 Å². The van der Waals surface area contributed by atoms with Gasteiger partial charge in [0.15, 0.2) is 0 Å². The summed E-state index contributed by atoms with van der Waals surface area (Å²) >= 11 is 1.11. The molecule has 0 radical (unpaired) electrons. The molecule has 0 aromatic heterocycles. The molecule has 1 aliphatic rings. The van der Waals surface area contributed by atoms with Crippen molar-refractivity contribution >= 4 is 29.7 Å². The van der Waals surface area contributed by atoms with Gasteiger partial charge in [-0.3, -0.25) is 14.5 Å². The number of rotatable bonds is 5. The van der Waals surface area contributed by atoms with Gasteiger partial charge in [0.25, 0.3) is 0 Å². The fraction of sp³-hybridized carbons (Fsp3) is 0.625. The number of nitrogens with zero attached hydrogens (tertiary/aromatic N) is 1. The molecule has 16 heavy (non-hydrogen) atoms. The molecule has 1 aliphatic heterocycles. The Morgan fingerprint density at radius 3 is 2.81 bits per heavy atom. The standard InChI is InChI=1S/C8H13N3O4S/c9-5(7(13)14)3-16-4-6(12)11-2-1-10-8(11)15/h5H,1-4,9H2,(H,10,15)(H,13,14). The van der Waals surface area contributed by atoms with E-state index in [4.69, 9.17) is 10.8 Å². The van der Waals surface area contributed by atoms with Crippen LogP contribution in [0.4, 0.5) is 4.79 Å². The number of thioether (sulfide) groups is 1. The van der Waals surface area contributed by atoms with Gasteiger partial charge in [0.1, 0.15) is 6.04 Å². The molecule has 3 amide bonds. The zero-order valence-corrected chi connectivity index (χ0v) is 9.33. The molecule has 1 atom stereocenters. The molecule has 1 unspecified atom stereocenters. The largest absolute Gasteiger partial charge is 0.480 e. The number of amides is 3. The minimum atomic E-state index is -1.10. The Morgan fingerprint density at radius 2 is 2.31 bits per heavy atom. The van der Waals surface area contributed by atoms with Crippen LogP contribution >= 0.6 is 11.8 Å². The Hall–Kier alpha value is -1.28. The third-order valence-corrected chi connectivity index (χ3v) is 3.04. The molecule has 4 N–H and O–H groups in total. The molecular formula is C8H13N3O4S. The van der Waals surface area contributed by atoms with Crippen LogP contribution in [0.25, 0.3) is 0 Å². The van der Waals surface area contributed by atoms with Crippen molar-refractivity contribution in [2.24, 2.45) is 5.73 Å². The Kier molecular flexibility index (Phi) is 4.56. The van der Waals surface area contributed by atoms with Crippen LogP contribution in [0.5, 0.6) is 0 Å². The monoisotopic (exact) mass is 247 g/mol. The van der Waals surface area contributed by atoms with Crippen LogP contribution in [0, 0.1) is 0 Å². The lowest BCUT2D eigenvalue weighted by atomic mass is 10.4. The summed E-state index contributed by atoms with van der Waals surface area (Å²) in [5.41, 5.74) is 5.26. The highest BCUT2D eigenvalue weighted by atomic mass is 32.2. The summed E-state index contributed by atoms with van der Waals surface area (Å²) in [7, 11) is 0. The average molecular weight is 247 g/mol. The highest BCUT2D eigenvalue weighted by Gasteiger charge is 2.25. The van der Waals surface area contributed by atoms with Crippen LogP contribution in [-0.2, 0) is 9.59 Å². The van der Waals surface area contributed by atoms with E-state index in [0.29, 0.717) is 13.1 Å². The number of carbonyl (C=O) groups excluding carboxylic acids is 2. The quantitative estimate of drug-likeness (QED) is 0.555. The zero-order chi connectivity index (χ0) is 12.1. The second-order valence-electron chi connectivity index (χ2n) is 3.24. The molecule has 1 heterocycles. The normalized spacial score (nSPS) is 17.1. The summed E-state index contributed by atoms with van der Waals surface area (Å²) in [6.45, 7) is 0.826. The van der Waals surface area contributed by atoms with Crippen LogP contribution in [0.15, 0.2) is 0 Å². The van der Waals surface area contributed by atoms with Gasteiger partial charge < -0.3 is 16.2 Å². The number of carbonyl (C=O) groups is 3. The van der Waals surface area contributed by atoms with E-state index in [9.17, 15) is 14.4 Å². The zero-order valence-electron chi connectivity index (χ0n) is 8.51. The third-order valence-electron chi connectivity index (χ3n) is 2.00. The molecular weight excluding hydrogens is 234 g/mol.